The fourth-order valence-corrected chi connectivity index (χ4v) is 2.73. The number of benzene rings is 1. The van der Waals surface area contributed by atoms with Gasteiger partial charge in [-0.05, 0) is 25.5 Å². The van der Waals surface area contributed by atoms with Crippen molar-refractivity contribution in [3.8, 4) is 5.69 Å². The Morgan fingerprint density at radius 3 is 2.41 bits per heavy atom. The Morgan fingerprint density at radius 1 is 1.32 bits per heavy atom. The first-order valence-corrected chi connectivity index (χ1v) is 7.19. The zero-order valence-electron chi connectivity index (χ0n) is 13.3. The van der Waals surface area contributed by atoms with Crippen molar-refractivity contribution in [2.24, 2.45) is 7.05 Å². The predicted octanol–water partition coefficient (Wildman–Crippen LogP) is 1.78. The van der Waals surface area contributed by atoms with Crippen LogP contribution < -0.4 is 10.5 Å². The van der Waals surface area contributed by atoms with E-state index in [1.807, 2.05) is 37.3 Å². The van der Waals surface area contributed by atoms with Crippen LogP contribution in [0.25, 0.3) is 5.69 Å². The van der Waals surface area contributed by atoms with Crippen LogP contribution in [0.5, 0.6) is 0 Å². The number of aromatic nitrogens is 2. The first-order valence-electron chi connectivity index (χ1n) is 7.19. The van der Waals surface area contributed by atoms with Gasteiger partial charge in [-0.3, -0.25) is 9.48 Å². The van der Waals surface area contributed by atoms with Crippen LogP contribution in [0.3, 0.4) is 0 Å². The summed E-state index contributed by atoms with van der Waals surface area (Å²) in [5.74, 6) is -0.932. The van der Waals surface area contributed by atoms with Gasteiger partial charge in [-0.1, -0.05) is 25.1 Å². The number of carboxylic acids is 1. The van der Waals surface area contributed by atoms with E-state index in [0.29, 0.717) is 12.1 Å². The smallest absolute Gasteiger partial charge is 0.326 e. The Hall–Kier alpha value is -2.50. The average Bonchev–Trinajstić information content (AvgIpc) is 2.70. The molecule has 1 aromatic carbocycles. The lowest BCUT2D eigenvalue weighted by Crippen LogP contribution is -2.40. The minimum absolute atomic E-state index is 0.214. The minimum Gasteiger partial charge on any atom is -0.480 e. The number of likely N-dealkylation sites (N-methyl/N-ethyl adjacent to an activating group) is 1. The van der Waals surface area contributed by atoms with E-state index in [0.717, 1.165) is 11.4 Å². The first kappa shape index (κ1) is 15.9. The molecule has 2 aromatic rings. The van der Waals surface area contributed by atoms with Crippen LogP contribution >= 0.6 is 0 Å². The third-order valence-electron chi connectivity index (χ3n) is 4.02. The second-order valence-corrected chi connectivity index (χ2v) is 5.28. The van der Waals surface area contributed by atoms with Crippen LogP contribution in [0.1, 0.15) is 19.0 Å². The molecule has 0 spiro atoms. The molecule has 22 heavy (non-hydrogen) atoms. The number of carbonyl (C=O) groups is 1. The second-order valence-electron chi connectivity index (χ2n) is 5.28. The minimum atomic E-state index is -0.932. The summed E-state index contributed by atoms with van der Waals surface area (Å²) in [6, 6.07) is 8.57. The Bertz CT molecular complexity index is 731. The van der Waals surface area contributed by atoms with E-state index in [1.54, 1.807) is 35.3 Å². The zero-order chi connectivity index (χ0) is 16.4. The molecule has 0 fully saturated rings. The van der Waals surface area contributed by atoms with Gasteiger partial charge in [0.05, 0.1) is 11.4 Å². The van der Waals surface area contributed by atoms with Crippen molar-refractivity contribution in [2.75, 3.05) is 11.9 Å². The molecule has 0 saturated heterocycles. The van der Waals surface area contributed by atoms with E-state index < -0.39 is 12.0 Å². The van der Waals surface area contributed by atoms with Crippen LogP contribution in [-0.2, 0) is 11.8 Å². The van der Waals surface area contributed by atoms with Crippen molar-refractivity contribution in [3.05, 3.63) is 46.4 Å². The molecule has 0 aliphatic heterocycles. The first-order chi connectivity index (χ1) is 10.4. The molecule has 1 atom stereocenters. The number of rotatable bonds is 5. The van der Waals surface area contributed by atoms with Gasteiger partial charge in [-0.2, -0.15) is 0 Å². The molecule has 0 aliphatic carbocycles. The Balaban J connectivity index is 2.61. The van der Waals surface area contributed by atoms with E-state index in [2.05, 4.69) is 0 Å². The third-order valence-corrected chi connectivity index (χ3v) is 4.02. The summed E-state index contributed by atoms with van der Waals surface area (Å²) in [5.41, 5.74) is 1.69. The molecular formula is C16H21N3O3. The Morgan fingerprint density at radius 2 is 1.91 bits per heavy atom. The van der Waals surface area contributed by atoms with Crippen LogP contribution in [0.4, 0.5) is 5.69 Å². The maximum absolute atomic E-state index is 12.8. The highest BCUT2D eigenvalue weighted by Gasteiger charge is 2.27. The van der Waals surface area contributed by atoms with Crippen LogP contribution in [0.15, 0.2) is 35.1 Å². The molecule has 6 heteroatoms. The average molecular weight is 303 g/mol. The summed E-state index contributed by atoms with van der Waals surface area (Å²) in [6.45, 7) is 3.62. The molecule has 1 N–H and O–H groups in total. The van der Waals surface area contributed by atoms with Gasteiger partial charge in [-0.25, -0.2) is 9.48 Å². The lowest BCUT2D eigenvalue weighted by atomic mass is 10.2. The van der Waals surface area contributed by atoms with E-state index in [1.165, 1.54) is 0 Å². The number of para-hydroxylation sites is 1. The summed E-state index contributed by atoms with van der Waals surface area (Å²) in [5, 5.41) is 9.32. The molecule has 118 valence electrons. The van der Waals surface area contributed by atoms with Crippen molar-refractivity contribution >= 4 is 11.7 Å². The number of aliphatic carboxylic acids is 1. The number of nitrogens with zero attached hydrogens (tertiary/aromatic N) is 3. The number of carboxylic acid groups (broad SMARTS) is 1. The van der Waals surface area contributed by atoms with Crippen molar-refractivity contribution in [2.45, 2.75) is 26.3 Å². The lowest BCUT2D eigenvalue weighted by Gasteiger charge is -2.24. The molecule has 1 unspecified atom stereocenters. The lowest BCUT2D eigenvalue weighted by molar-refractivity contribution is -0.138. The van der Waals surface area contributed by atoms with Crippen LogP contribution in [0, 0.1) is 6.92 Å². The molecule has 1 aromatic heterocycles. The normalized spacial score (nSPS) is 12.2. The maximum atomic E-state index is 12.8. The van der Waals surface area contributed by atoms with E-state index in [9.17, 15) is 14.7 Å². The predicted molar refractivity (Wildman–Crippen MR) is 85.9 cm³/mol. The highest BCUT2D eigenvalue weighted by atomic mass is 16.4. The molecule has 2 rings (SSSR count). The second kappa shape index (κ2) is 6.09. The molecule has 0 radical (unpaired) electrons. The monoisotopic (exact) mass is 303 g/mol. The summed E-state index contributed by atoms with van der Waals surface area (Å²) in [6.07, 6.45) is 0.422. The molecule has 6 nitrogen and oxygen atoms in total. The Labute approximate surface area is 129 Å². The molecular weight excluding hydrogens is 282 g/mol. The highest BCUT2D eigenvalue weighted by Crippen LogP contribution is 2.20. The van der Waals surface area contributed by atoms with Crippen molar-refractivity contribution in [1.82, 2.24) is 9.36 Å². The molecule has 0 saturated carbocycles. The molecule has 0 aliphatic rings. The van der Waals surface area contributed by atoms with E-state index in [4.69, 9.17) is 0 Å². The molecule has 0 amide bonds. The fourth-order valence-electron chi connectivity index (χ4n) is 2.73. The van der Waals surface area contributed by atoms with Gasteiger partial charge in [0.2, 0.25) is 0 Å². The van der Waals surface area contributed by atoms with Gasteiger partial charge in [0.15, 0.2) is 0 Å². The number of hydrogen-bond donors (Lipinski definition) is 1. The Kier molecular flexibility index (Phi) is 4.40. The standard InChI is InChI=1S/C16H21N3O3/c1-5-13(16(21)22)17(3)14-11(2)18(4)19(15(14)20)12-9-7-6-8-10-12/h6-10,13H,5H2,1-4H3,(H,21,22). The molecule has 1 heterocycles. The SMILES string of the molecule is CCC(C(=O)O)N(C)c1c(C)n(C)n(-c2ccccc2)c1=O. The van der Waals surface area contributed by atoms with E-state index in [-0.39, 0.29) is 5.56 Å². The molecule has 0 bridgehead atoms. The summed E-state index contributed by atoms with van der Waals surface area (Å²) in [7, 11) is 3.45. The summed E-state index contributed by atoms with van der Waals surface area (Å²) >= 11 is 0. The zero-order valence-corrected chi connectivity index (χ0v) is 13.3. The fraction of sp³-hybridized carbons (Fsp3) is 0.375. The number of hydrogen-bond acceptors (Lipinski definition) is 3. The van der Waals surface area contributed by atoms with Crippen molar-refractivity contribution in [1.29, 1.82) is 0 Å². The van der Waals surface area contributed by atoms with Gasteiger partial charge in [0, 0.05) is 14.1 Å². The van der Waals surface area contributed by atoms with Gasteiger partial charge in [0.25, 0.3) is 5.56 Å². The summed E-state index contributed by atoms with van der Waals surface area (Å²) < 4.78 is 3.30. The van der Waals surface area contributed by atoms with Gasteiger partial charge >= 0.3 is 5.97 Å². The summed E-state index contributed by atoms with van der Waals surface area (Å²) in [4.78, 5) is 25.7. The van der Waals surface area contributed by atoms with Gasteiger partial charge < -0.3 is 10.0 Å². The maximum Gasteiger partial charge on any atom is 0.326 e. The van der Waals surface area contributed by atoms with Gasteiger partial charge in [-0.15, -0.1) is 0 Å². The topological polar surface area (TPSA) is 67.5 Å². The largest absolute Gasteiger partial charge is 0.480 e. The quantitative estimate of drug-likeness (QED) is 0.914. The van der Waals surface area contributed by atoms with Crippen LogP contribution in [-0.4, -0.2) is 33.5 Å². The van der Waals surface area contributed by atoms with E-state index >= 15 is 0 Å². The van der Waals surface area contributed by atoms with Crippen LogP contribution in [0.2, 0.25) is 0 Å². The third kappa shape index (κ3) is 2.52. The van der Waals surface area contributed by atoms with Crippen molar-refractivity contribution < 1.29 is 9.90 Å². The number of anilines is 1. The highest BCUT2D eigenvalue weighted by molar-refractivity contribution is 5.78. The van der Waals surface area contributed by atoms with Crippen molar-refractivity contribution in [3.63, 3.8) is 0 Å². The van der Waals surface area contributed by atoms with Gasteiger partial charge in [0.1, 0.15) is 11.7 Å².